The highest BCUT2D eigenvalue weighted by Crippen LogP contribution is 2.17. The molecular weight excluding hydrogens is 208 g/mol. The number of nitrogens with zero attached hydrogens (tertiary/aromatic N) is 1. The van der Waals surface area contributed by atoms with E-state index in [2.05, 4.69) is 36.5 Å². The van der Waals surface area contributed by atoms with Crippen molar-refractivity contribution in [3.05, 3.63) is 11.1 Å². The number of anilines is 1. The molecule has 1 aromatic rings. The first-order chi connectivity index (χ1) is 7.07. The summed E-state index contributed by atoms with van der Waals surface area (Å²) in [5, 5.41) is 6.39. The second-order valence-corrected chi connectivity index (χ2v) is 4.90. The zero-order valence-corrected chi connectivity index (χ0v) is 10.8. The molecule has 3 nitrogen and oxygen atoms in total. The quantitative estimate of drug-likeness (QED) is 0.813. The fourth-order valence-corrected chi connectivity index (χ4v) is 2.07. The second kappa shape index (κ2) is 5.47. The third kappa shape index (κ3) is 4.18. The van der Waals surface area contributed by atoms with Crippen LogP contribution < -0.4 is 5.32 Å². The molecule has 1 aromatic heterocycles. The molecule has 0 aliphatic heterocycles. The molecule has 0 radical (unpaired) electrons. The highest BCUT2D eigenvalue weighted by molar-refractivity contribution is 7.13. The molecule has 0 bridgehead atoms. The minimum Gasteiger partial charge on any atom is -0.374 e. The van der Waals surface area contributed by atoms with Crippen LogP contribution in [0.2, 0.25) is 0 Å². The molecule has 0 spiro atoms. The van der Waals surface area contributed by atoms with E-state index in [4.69, 9.17) is 4.74 Å². The lowest BCUT2D eigenvalue weighted by atomic mass is 10.1. The second-order valence-electron chi connectivity index (χ2n) is 4.04. The lowest BCUT2D eigenvalue weighted by Gasteiger charge is -2.24. The van der Waals surface area contributed by atoms with Crippen LogP contribution in [0, 0.1) is 0 Å². The van der Waals surface area contributed by atoms with Gasteiger partial charge in [0.05, 0.1) is 11.3 Å². The number of aryl methyl sites for hydroxylation is 1. The summed E-state index contributed by atoms with van der Waals surface area (Å²) in [4.78, 5) is 4.44. The first-order valence-corrected chi connectivity index (χ1v) is 6.27. The van der Waals surface area contributed by atoms with Gasteiger partial charge in [-0.25, -0.2) is 4.98 Å². The van der Waals surface area contributed by atoms with Crippen LogP contribution in [0.3, 0.4) is 0 Å². The molecule has 1 heterocycles. The molecule has 0 atom stereocenters. The van der Waals surface area contributed by atoms with Gasteiger partial charge >= 0.3 is 0 Å². The van der Waals surface area contributed by atoms with Crippen LogP contribution in [-0.4, -0.2) is 23.7 Å². The maximum atomic E-state index is 5.60. The lowest BCUT2D eigenvalue weighted by molar-refractivity contribution is 0.000694. The van der Waals surface area contributed by atoms with Crippen LogP contribution in [0.25, 0.3) is 0 Å². The van der Waals surface area contributed by atoms with Crippen molar-refractivity contribution in [1.29, 1.82) is 0 Å². The topological polar surface area (TPSA) is 34.1 Å². The van der Waals surface area contributed by atoms with Gasteiger partial charge in [-0.2, -0.15) is 0 Å². The van der Waals surface area contributed by atoms with E-state index < -0.39 is 0 Å². The van der Waals surface area contributed by atoms with Gasteiger partial charge in [-0.05, 0) is 27.2 Å². The van der Waals surface area contributed by atoms with Crippen molar-refractivity contribution in [3.8, 4) is 0 Å². The maximum Gasteiger partial charge on any atom is 0.182 e. The third-order valence-corrected chi connectivity index (χ3v) is 2.96. The van der Waals surface area contributed by atoms with E-state index >= 15 is 0 Å². The van der Waals surface area contributed by atoms with E-state index in [9.17, 15) is 0 Å². The Kier molecular flexibility index (Phi) is 4.54. The number of rotatable bonds is 6. The van der Waals surface area contributed by atoms with Gasteiger partial charge in [0.1, 0.15) is 0 Å². The van der Waals surface area contributed by atoms with Crippen molar-refractivity contribution in [3.63, 3.8) is 0 Å². The van der Waals surface area contributed by atoms with Gasteiger partial charge in [-0.1, -0.05) is 6.92 Å². The van der Waals surface area contributed by atoms with Crippen LogP contribution >= 0.6 is 11.3 Å². The third-order valence-electron chi connectivity index (χ3n) is 2.11. The standard InChI is InChI=1S/C11H20N2OS/c1-5-9-7-15-10(13-9)12-8-11(3,4)14-6-2/h7H,5-6,8H2,1-4H3,(H,12,13). The number of hydrogen-bond acceptors (Lipinski definition) is 4. The molecule has 0 aromatic carbocycles. The summed E-state index contributed by atoms with van der Waals surface area (Å²) in [6.45, 7) is 9.82. The van der Waals surface area contributed by atoms with Crippen molar-refractivity contribution < 1.29 is 4.74 Å². The molecule has 0 unspecified atom stereocenters. The van der Waals surface area contributed by atoms with Gasteiger partial charge < -0.3 is 10.1 Å². The minimum absolute atomic E-state index is 0.132. The number of thiazole rings is 1. The van der Waals surface area contributed by atoms with Gasteiger partial charge in [0.25, 0.3) is 0 Å². The number of hydrogen-bond donors (Lipinski definition) is 1. The van der Waals surface area contributed by atoms with E-state index in [1.807, 2.05) is 6.92 Å². The van der Waals surface area contributed by atoms with E-state index in [0.29, 0.717) is 0 Å². The summed E-state index contributed by atoms with van der Waals surface area (Å²) in [6, 6.07) is 0. The van der Waals surface area contributed by atoms with Crippen LogP contribution in [0.5, 0.6) is 0 Å². The molecule has 1 N–H and O–H groups in total. The Hall–Kier alpha value is -0.610. The first-order valence-electron chi connectivity index (χ1n) is 5.39. The predicted octanol–water partition coefficient (Wildman–Crippen LogP) is 2.93. The van der Waals surface area contributed by atoms with Gasteiger partial charge in [0.2, 0.25) is 0 Å². The summed E-state index contributed by atoms with van der Waals surface area (Å²) in [6.07, 6.45) is 0.993. The molecule has 0 fully saturated rings. The number of aromatic nitrogens is 1. The maximum absolute atomic E-state index is 5.60. The van der Waals surface area contributed by atoms with Crippen molar-refractivity contribution in [2.45, 2.75) is 39.7 Å². The Labute approximate surface area is 95.9 Å². The van der Waals surface area contributed by atoms with Crippen molar-refractivity contribution >= 4 is 16.5 Å². The van der Waals surface area contributed by atoms with Gasteiger partial charge in [0, 0.05) is 18.5 Å². The summed E-state index contributed by atoms with van der Waals surface area (Å²) in [5.41, 5.74) is 1.02. The highest BCUT2D eigenvalue weighted by atomic mass is 32.1. The van der Waals surface area contributed by atoms with Crippen molar-refractivity contribution in [2.24, 2.45) is 0 Å². The zero-order valence-electron chi connectivity index (χ0n) is 9.96. The monoisotopic (exact) mass is 228 g/mol. The summed E-state index contributed by atoms with van der Waals surface area (Å²) in [5.74, 6) is 0. The smallest absolute Gasteiger partial charge is 0.182 e. The summed E-state index contributed by atoms with van der Waals surface area (Å²) >= 11 is 1.66. The fourth-order valence-electron chi connectivity index (χ4n) is 1.28. The largest absolute Gasteiger partial charge is 0.374 e. The highest BCUT2D eigenvalue weighted by Gasteiger charge is 2.17. The lowest BCUT2D eigenvalue weighted by Crippen LogP contribution is -2.33. The molecule has 0 aliphatic carbocycles. The molecule has 1 rings (SSSR count). The number of nitrogens with one attached hydrogen (secondary N) is 1. The van der Waals surface area contributed by atoms with Crippen LogP contribution in [0.15, 0.2) is 5.38 Å². The van der Waals surface area contributed by atoms with E-state index in [1.54, 1.807) is 11.3 Å². The first kappa shape index (κ1) is 12.5. The van der Waals surface area contributed by atoms with Crippen LogP contribution in [-0.2, 0) is 11.2 Å². The SMILES string of the molecule is CCOC(C)(C)CNc1nc(CC)cs1. The van der Waals surface area contributed by atoms with Gasteiger partial charge in [0.15, 0.2) is 5.13 Å². The van der Waals surface area contributed by atoms with E-state index in [-0.39, 0.29) is 5.60 Å². The normalized spacial score (nSPS) is 11.7. The molecule has 0 amide bonds. The zero-order chi connectivity index (χ0) is 11.3. The molecule has 0 aliphatic rings. The molecular formula is C11H20N2OS. The van der Waals surface area contributed by atoms with Crippen LogP contribution in [0.4, 0.5) is 5.13 Å². The number of ether oxygens (including phenoxy) is 1. The average Bonchev–Trinajstić information content (AvgIpc) is 2.62. The molecule has 15 heavy (non-hydrogen) atoms. The Morgan fingerprint density at radius 3 is 2.73 bits per heavy atom. The van der Waals surface area contributed by atoms with Crippen molar-refractivity contribution in [1.82, 2.24) is 4.98 Å². The molecule has 4 heteroatoms. The molecule has 86 valence electrons. The molecule has 0 saturated heterocycles. The molecule has 0 saturated carbocycles. The van der Waals surface area contributed by atoms with Crippen LogP contribution in [0.1, 0.15) is 33.4 Å². The van der Waals surface area contributed by atoms with E-state index in [1.165, 1.54) is 0 Å². The van der Waals surface area contributed by atoms with Gasteiger partial charge in [-0.15, -0.1) is 11.3 Å². The Bertz CT molecular complexity index is 297. The summed E-state index contributed by atoms with van der Waals surface area (Å²) < 4.78 is 5.60. The van der Waals surface area contributed by atoms with Crippen molar-refractivity contribution in [2.75, 3.05) is 18.5 Å². The van der Waals surface area contributed by atoms with E-state index in [0.717, 1.165) is 30.4 Å². The Morgan fingerprint density at radius 2 is 2.20 bits per heavy atom. The Balaban J connectivity index is 2.42. The predicted molar refractivity (Wildman–Crippen MR) is 65.7 cm³/mol. The Morgan fingerprint density at radius 1 is 1.47 bits per heavy atom. The fraction of sp³-hybridized carbons (Fsp3) is 0.727. The minimum atomic E-state index is -0.132. The average molecular weight is 228 g/mol. The van der Waals surface area contributed by atoms with Gasteiger partial charge in [-0.3, -0.25) is 0 Å². The summed E-state index contributed by atoms with van der Waals surface area (Å²) in [7, 11) is 0.